The summed E-state index contributed by atoms with van der Waals surface area (Å²) in [5.41, 5.74) is 2.81. The first kappa shape index (κ1) is 28.3. The molecule has 178 valence electrons. The van der Waals surface area contributed by atoms with Crippen LogP contribution in [0, 0.1) is 0 Å². The third kappa shape index (κ3) is 7.11. The topological polar surface area (TPSA) is 122 Å². The molecule has 0 radical (unpaired) electrons. The van der Waals surface area contributed by atoms with Crippen LogP contribution < -0.4 is 10.2 Å². The molecule has 2 N–H and O–H groups in total. The van der Waals surface area contributed by atoms with E-state index in [0.29, 0.717) is 16.9 Å². The van der Waals surface area contributed by atoms with Gasteiger partial charge in [-0.25, -0.2) is 13.9 Å². The van der Waals surface area contributed by atoms with Crippen molar-refractivity contribution in [3.63, 3.8) is 0 Å². The summed E-state index contributed by atoms with van der Waals surface area (Å²) in [6.07, 6.45) is 6.22. The Labute approximate surface area is 204 Å². The van der Waals surface area contributed by atoms with Crippen LogP contribution in [0.1, 0.15) is 11.1 Å². The van der Waals surface area contributed by atoms with Crippen molar-refractivity contribution >= 4 is 40.7 Å². The molecule has 1 aromatic carbocycles. The van der Waals surface area contributed by atoms with Crippen LogP contribution in [0.2, 0.25) is 0 Å². The largest absolute Gasteiger partial charge is 0.497 e. The van der Waals surface area contributed by atoms with Gasteiger partial charge in [-0.05, 0) is 53.9 Å². The number of hydrogen-bond acceptors (Lipinski definition) is 7. The fourth-order valence-electron chi connectivity index (χ4n) is 3.06. The van der Waals surface area contributed by atoms with Crippen LogP contribution in [-0.2, 0) is 27.8 Å². The number of carbonyl (C=O) groups is 1. The van der Waals surface area contributed by atoms with Gasteiger partial charge in [0.15, 0.2) is 0 Å². The third-order valence-corrected chi connectivity index (χ3v) is 6.51. The lowest BCUT2D eigenvalue weighted by molar-refractivity contribution is -0.133. The highest BCUT2D eigenvalue weighted by molar-refractivity contribution is 7.89. The molecule has 0 aliphatic carbocycles. The van der Waals surface area contributed by atoms with Crippen molar-refractivity contribution < 1.29 is 23.2 Å². The van der Waals surface area contributed by atoms with Crippen molar-refractivity contribution in [1.82, 2.24) is 19.8 Å². The van der Waals surface area contributed by atoms with Gasteiger partial charge in [-0.15, -0.1) is 24.8 Å². The molecule has 1 unspecified atom stereocenters. The Bertz CT molecular complexity index is 1100. The van der Waals surface area contributed by atoms with Crippen molar-refractivity contribution in [2.75, 3.05) is 7.11 Å². The van der Waals surface area contributed by atoms with E-state index in [2.05, 4.69) is 9.97 Å². The van der Waals surface area contributed by atoms with Gasteiger partial charge in [0.1, 0.15) is 11.8 Å². The Morgan fingerprint density at radius 2 is 1.61 bits per heavy atom. The zero-order valence-corrected chi connectivity index (χ0v) is 20.0. The summed E-state index contributed by atoms with van der Waals surface area (Å²) in [7, 11) is -2.66. The first-order chi connectivity index (χ1) is 15.0. The molecule has 0 aliphatic rings. The maximum absolute atomic E-state index is 13.6. The number of hydrogen-bond donors (Lipinski definition) is 2. The summed E-state index contributed by atoms with van der Waals surface area (Å²) in [5.74, 6) is -0.359. The molecule has 12 heteroatoms. The molecule has 2 aromatic heterocycles. The molecule has 2 heterocycles. The molecule has 0 aliphatic heterocycles. The quantitative estimate of drug-likeness (QED) is 0.332. The van der Waals surface area contributed by atoms with Crippen LogP contribution in [0.3, 0.4) is 0 Å². The van der Waals surface area contributed by atoms with Crippen molar-refractivity contribution in [2.24, 2.45) is 0 Å². The number of pyridine rings is 2. The number of ether oxygens (including phenoxy) is 1. The number of benzene rings is 1. The molecule has 0 spiro atoms. The van der Waals surface area contributed by atoms with Gasteiger partial charge < -0.3 is 4.74 Å². The second kappa shape index (κ2) is 13.1. The van der Waals surface area contributed by atoms with Crippen LogP contribution in [0.25, 0.3) is 0 Å². The number of rotatable bonds is 9. The molecular weight excluding hydrogens is 491 g/mol. The molecule has 33 heavy (non-hydrogen) atoms. The minimum atomic E-state index is -4.14. The Balaban J connectivity index is 0.00000272. The van der Waals surface area contributed by atoms with Gasteiger partial charge >= 0.3 is 0 Å². The van der Waals surface area contributed by atoms with Crippen LogP contribution in [0.15, 0.2) is 78.2 Å². The molecule has 3 rings (SSSR count). The number of carbonyl (C=O) groups excluding carboxylic acids is 1. The van der Waals surface area contributed by atoms with E-state index in [1.165, 1.54) is 37.6 Å². The molecule has 0 saturated heterocycles. The molecule has 0 bridgehead atoms. The first-order valence-electron chi connectivity index (χ1n) is 9.33. The lowest BCUT2D eigenvalue weighted by Gasteiger charge is -2.29. The number of nitrogens with zero attached hydrogens (tertiary/aromatic N) is 3. The van der Waals surface area contributed by atoms with Gasteiger partial charge in [-0.2, -0.15) is 4.31 Å². The fraction of sp³-hybridized carbons (Fsp3) is 0.190. The number of amides is 1. The molecule has 1 atom stereocenters. The maximum Gasteiger partial charge on any atom is 0.262 e. The first-order valence-corrected chi connectivity index (χ1v) is 10.8. The average molecular weight is 515 g/mol. The Morgan fingerprint density at radius 3 is 2.09 bits per heavy atom. The highest BCUT2D eigenvalue weighted by Gasteiger charge is 2.36. The van der Waals surface area contributed by atoms with E-state index >= 15 is 0 Å². The Kier molecular flexibility index (Phi) is 11.2. The number of methoxy groups -OCH3 is 1. The molecular formula is C21H24Cl2N4O5S. The lowest BCUT2D eigenvalue weighted by atomic mass is 10.1. The standard InChI is InChI=1S/C21H22N4O5S.2ClH/c1-30-18-6-8-19(9-7-18)31(28,29)25(15-17-5-3-11-23-14-17)20(21(26)24-27)12-16-4-2-10-22-13-16;;/h2-11,13-14,20,27H,12,15H2,1H3,(H,24,26);2*1H. The van der Waals surface area contributed by atoms with Crippen LogP contribution >= 0.6 is 24.8 Å². The number of aromatic nitrogens is 2. The van der Waals surface area contributed by atoms with Crippen LogP contribution in [0.4, 0.5) is 0 Å². The van der Waals surface area contributed by atoms with Crippen LogP contribution in [0.5, 0.6) is 5.75 Å². The van der Waals surface area contributed by atoms with E-state index in [0.717, 1.165) is 4.31 Å². The van der Waals surface area contributed by atoms with Gasteiger partial charge in [0, 0.05) is 31.3 Å². The summed E-state index contributed by atoms with van der Waals surface area (Å²) in [5, 5.41) is 9.34. The minimum absolute atomic E-state index is 0. The predicted molar refractivity (Wildman–Crippen MR) is 126 cm³/mol. The normalized spacial score (nSPS) is 11.6. The van der Waals surface area contributed by atoms with E-state index in [1.807, 2.05) is 0 Å². The Morgan fingerprint density at radius 1 is 1.03 bits per heavy atom. The maximum atomic E-state index is 13.6. The summed E-state index contributed by atoms with van der Waals surface area (Å²) in [4.78, 5) is 20.6. The summed E-state index contributed by atoms with van der Waals surface area (Å²) in [6.45, 7) is -0.124. The van der Waals surface area contributed by atoms with Gasteiger partial charge in [-0.3, -0.25) is 20.0 Å². The number of sulfonamides is 1. The van der Waals surface area contributed by atoms with Gasteiger partial charge in [0.25, 0.3) is 5.91 Å². The second-order valence-electron chi connectivity index (χ2n) is 6.64. The zero-order chi connectivity index (χ0) is 22.3. The van der Waals surface area contributed by atoms with Crippen molar-refractivity contribution in [2.45, 2.75) is 23.9 Å². The summed E-state index contributed by atoms with van der Waals surface area (Å²) in [6, 6.07) is 11.4. The summed E-state index contributed by atoms with van der Waals surface area (Å²) < 4.78 is 33.3. The second-order valence-corrected chi connectivity index (χ2v) is 8.53. The third-order valence-electron chi connectivity index (χ3n) is 4.64. The van der Waals surface area contributed by atoms with Gasteiger partial charge in [0.2, 0.25) is 10.0 Å². The van der Waals surface area contributed by atoms with Crippen molar-refractivity contribution in [3.05, 3.63) is 84.4 Å². The molecule has 9 nitrogen and oxygen atoms in total. The molecule has 0 saturated carbocycles. The highest BCUT2D eigenvalue weighted by Crippen LogP contribution is 2.25. The van der Waals surface area contributed by atoms with E-state index in [-0.39, 0.29) is 42.7 Å². The molecule has 0 fully saturated rings. The zero-order valence-electron chi connectivity index (χ0n) is 17.6. The monoisotopic (exact) mass is 514 g/mol. The predicted octanol–water partition coefficient (Wildman–Crippen LogP) is 2.64. The lowest BCUT2D eigenvalue weighted by Crippen LogP contribution is -2.49. The van der Waals surface area contributed by atoms with Crippen molar-refractivity contribution in [1.29, 1.82) is 0 Å². The SMILES string of the molecule is COc1ccc(S(=O)(=O)N(Cc2cccnc2)C(Cc2cccnc2)C(=O)NO)cc1.Cl.Cl. The van der Waals surface area contributed by atoms with Crippen molar-refractivity contribution in [3.8, 4) is 5.75 Å². The fourth-order valence-corrected chi connectivity index (χ4v) is 4.63. The number of halogens is 2. The van der Waals surface area contributed by atoms with E-state index in [4.69, 9.17) is 4.74 Å². The average Bonchev–Trinajstić information content (AvgIpc) is 2.82. The van der Waals surface area contributed by atoms with Crippen LogP contribution in [-0.4, -0.2) is 47.0 Å². The summed E-state index contributed by atoms with van der Waals surface area (Å²) >= 11 is 0. The molecule has 3 aromatic rings. The minimum Gasteiger partial charge on any atom is -0.497 e. The number of hydroxylamine groups is 1. The highest BCUT2D eigenvalue weighted by atomic mass is 35.5. The smallest absolute Gasteiger partial charge is 0.262 e. The van der Waals surface area contributed by atoms with Gasteiger partial charge in [-0.1, -0.05) is 12.1 Å². The van der Waals surface area contributed by atoms with E-state index < -0.39 is 22.0 Å². The number of nitrogens with one attached hydrogen (secondary N) is 1. The molecule has 1 amide bonds. The Hall–Kier alpha value is -2.76. The van der Waals surface area contributed by atoms with E-state index in [9.17, 15) is 18.4 Å². The van der Waals surface area contributed by atoms with Gasteiger partial charge in [0.05, 0.1) is 12.0 Å². The van der Waals surface area contributed by atoms with E-state index in [1.54, 1.807) is 48.3 Å².